The third kappa shape index (κ3) is 4.43. The summed E-state index contributed by atoms with van der Waals surface area (Å²) in [5.41, 5.74) is 7.25. The van der Waals surface area contributed by atoms with Crippen LogP contribution in [0.15, 0.2) is 36.1 Å². The summed E-state index contributed by atoms with van der Waals surface area (Å²) in [4.78, 5) is 0. The summed E-state index contributed by atoms with van der Waals surface area (Å²) in [6.45, 7) is 7.87. The average Bonchev–Trinajstić information content (AvgIpc) is 1.97. The maximum Gasteiger partial charge on any atom is 0.0311 e. The number of allylic oxidation sites excluding steroid dienone is 3. The molecule has 0 rings (SSSR count). The Balaban J connectivity index is 4.23. The molecule has 0 aromatic rings. The molecule has 0 aromatic carbocycles. The van der Waals surface area contributed by atoms with Crippen LogP contribution in [0.5, 0.6) is 0 Å². The van der Waals surface area contributed by atoms with E-state index >= 15 is 0 Å². The highest BCUT2D eigenvalue weighted by atomic mass is 14.6. The largest absolute Gasteiger partial charge is 0.399 e. The Kier molecular flexibility index (Phi) is 5.26. The molecule has 0 aliphatic rings. The molecule has 0 amide bonds. The van der Waals surface area contributed by atoms with Gasteiger partial charge in [0.1, 0.15) is 0 Å². The molecule has 62 valence electrons. The van der Waals surface area contributed by atoms with E-state index in [9.17, 15) is 0 Å². The van der Waals surface area contributed by atoms with Crippen LogP contribution in [0.2, 0.25) is 0 Å². The van der Waals surface area contributed by atoms with Gasteiger partial charge in [-0.2, -0.15) is 0 Å². The zero-order valence-electron chi connectivity index (χ0n) is 7.43. The Labute approximate surface area is 69.3 Å². The van der Waals surface area contributed by atoms with Crippen LogP contribution in [-0.2, 0) is 0 Å². The van der Waals surface area contributed by atoms with E-state index in [0.29, 0.717) is 5.70 Å². The number of nitrogens with two attached hydrogens (primary N) is 1. The minimum Gasteiger partial charge on any atom is -0.399 e. The van der Waals surface area contributed by atoms with Crippen molar-refractivity contribution < 1.29 is 0 Å². The summed E-state index contributed by atoms with van der Waals surface area (Å²) in [5, 5.41) is 0. The smallest absolute Gasteiger partial charge is 0.0311 e. The highest BCUT2D eigenvalue weighted by Gasteiger charge is 1.90. The predicted molar refractivity (Wildman–Crippen MR) is 51.1 cm³/mol. The van der Waals surface area contributed by atoms with Gasteiger partial charge in [-0.3, -0.25) is 0 Å². The molecule has 0 saturated carbocycles. The van der Waals surface area contributed by atoms with E-state index in [1.54, 1.807) is 0 Å². The Hall–Kier alpha value is -0.980. The van der Waals surface area contributed by atoms with Gasteiger partial charge in [0, 0.05) is 5.70 Å². The molecule has 0 aromatic heterocycles. The number of rotatable bonds is 4. The lowest BCUT2D eigenvalue weighted by Gasteiger charge is -1.98. The molecule has 0 aliphatic heterocycles. The zero-order valence-corrected chi connectivity index (χ0v) is 7.43. The fourth-order valence-electron chi connectivity index (χ4n) is 0.771. The Morgan fingerprint density at radius 2 is 2.00 bits per heavy atom. The van der Waals surface area contributed by atoms with Crippen molar-refractivity contribution in [3.05, 3.63) is 36.1 Å². The van der Waals surface area contributed by atoms with E-state index in [1.165, 1.54) is 0 Å². The number of hydrogen-bond donors (Lipinski definition) is 1. The Morgan fingerprint density at radius 1 is 1.36 bits per heavy atom. The molecule has 11 heavy (non-hydrogen) atoms. The van der Waals surface area contributed by atoms with Crippen LogP contribution in [0.4, 0.5) is 0 Å². The molecular formula is C10H17N. The topological polar surface area (TPSA) is 26.0 Å². The van der Waals surface area contributed by atoms with Gasteiger partial charge in [-0.25, -0.2) is 0 Å². The molecule has 0 atom stereocenters. The fraction of sp³-hybridized carbons (Fsp3) is 0.400. The van der Waals surface area contributed by atoms with E-state index in [2.05, 4.69) is 32.6 Å². The van der Waals surface area contributed by atoms with Gasteiger partial charge in [0.15, 0.2) is 0 Å². The molecule has 0 radical (unpaired) electrons. The van der Waals surface area contributed by atoms with Crippen LogP contribution in [0.3, 0.4) is 0 Å². The minimum absolute atomic E-state index is 0.650. The maximum absolute atomic E-state index is 5.55. The predicted octanol–water partition coefficient (Wildman–Crippen LogP) is 2.76. The summed E-state index contributed by atoms with van der Waals surface area (Å²) in [5.74, 6) is 0. The van der Waals surface area contributed by atoms with Crippen molar-refractivity contribution in [2.75, 3.05) is 0 Å². The first-order chi connectivity index (χ1) is 5.22. The van der Waals surface area contributed by atoms with E-state index in [-0.39, 0.29) is 0 Å². The second-order valence-electron chi connectivity index (χ2n) is 2.40. The lowest BCUT2D eigenvalue weighted by atomic mass is 10.1. The van der Waals surface area contributed by atoms with Crippen LogP contribution in [-0.4, -0.2) is 0 Å². The molecule has 0 saturated heterocycles. The summed E-state index contributed by atoms with van der Waals surface area (Å²) >= 11 is 0. The van der Waals surface area contributed by atoms with Gasteiger partial charge in [-0.15, -0.1) is 0 Å². The van der Waals surface area contributed by atoms with Crippen LogP contribution in [0.25, 0.3) is 0 Å². The minimum atomic E-state index is 0.650. The first-order valence-electron chi connectivity index (χ1n) is 4.03. The van der Waals surface area contributed by atoms with Gasteiger partial charge in [0.05, 0.1) is 0 Å². The van der Waals surface area contributed by atoms with E-state index < -0.39 is 0 Å². The summed E-state index contributed by atoms with van der Waals surface area (Å²) in [6.07, 6.45) is 8.22. The lowest BCUT2D eigenvalue weighted by molar-refractivity contribution is 1.18. The quantitative estimate of drug-likeness (QED) is 0.614. The average molecular weight is 151 g/mol. The van der Waals surface area contributed by atoms with Crippen LogP contribution >= 0.6 is 0 Å². The molecule has 1 nitrogen and oxygen atoms in total. The monoisotopic (exact) mass is 151 g/mol. The highest BCUT2D eigenvalue weighted by Crippen LogP contribution is 2.05. The lowest BCUT2D eigenvalue weighted by Crippen LogP contribution is -1.96. The van der Waals surface area contributed by atoms with Crippen LogP contribution in [0, 0.1) is 0 Å². The Bertz CT molecular complexity index is 175. The molecule has 0 bridgehead atoms. The van der Waals surface area contributed by atoms with E-state index in [0.717, 1.165) is 18.4 Å². The fourth-order valence-corrected chi connectivity index (χ4v) is 0.771. The second-order valence-corrected chi connectivity index (χ2v) is 2.40. The van der Waals surface area contributed by atoms with Crippen molar-refractivity contribution in [3.8, 4) is 0 Å². The molecule has 0 heterocycles. The highest BCUT2D eigenvalue weighted by molar-refractivity contribution is 5.35. The standard InChI is InChI=1S/C10H17N/c1-4-6-8-10(7-5-2)9(3)11/h6-8H,3-5,11H2,1-2H3/b8-6-,10-7+. The summed E-state index contributed by atoms with van der Waals surface area (Å²) < 4.78 is 0. The third-order valence-electron chi connectivity index (χ3n) is 1.33. The molecular weight excluding hydrogens is 134 g/mol. The zero-order chi connectivity index (χ0) is 8.69. The van der Waals surface area contributed by atoms with Crippen LogP contribution < -0.4 is 5.73 Å². The van der Waals surface area contributed by atoms with Gasteiger partial charge in [0.2, 0.25) is 0 Å². The van der Waals surface area contributed by atoms with Gasteiger partial charge in [0.25, 0.3) is 0 Å². The van der Waals surface area contributed by atoms with Crippen molar-refractivity contribution in [1.29, 1.82) is 0 Å². The molecule has 0 fully saturated rings. The van der Waals surface area contributed by atoms with Crippen molar-refractivity contribution in [1.82, 2.24) is 0 Å². The maximum atomic E-state index is 5.55. The third-order valence-corrected chi connectivity index (χ3v) is 1.33. The molecule has 0 unspecified atom stereocenters. The van der Waals surface area contributed by atoms with Crippen molar-refractivity contribution in [3.63, 3.8) is 0 Å². The first kappa shape index (κ1) is 10.0. The summed E-state index contributed by atoms with van der Waals surface area (Å²) in [7, 11) is 0. The van der Waals surface area contributed by atoms with Crippen LogP contribution in [0.1, 0.15) is 26.7 Å². The SMILES string of the molecule is C=C(N)C(/C=C\CC)=C/CC. The molecule has 0 aliphatic carbocycles. The summed E-state index contributed by atoms with van der Waals surface area (Å²) in [6, 6.07) is 0. The van der Waals surface area contributed by atoms with Crippen molar-refractivity contribution >= 4 is 0 Å². The van der Waals surface area contributed by atoms with Gasteiger partial charge >= 0.3 is 0 Å². The van der Waals surface area contributed by atoms with Gasteiger partial charge in [-0.05, 0) is 18.4 Å². The second kappa shape index (κ2) is 5.78. The van der Waals surface area contributed by atoms with Gasteiger partial charge in [-0.1, -0.05) is 38.7 Å². The first-order valence-corrected chi connectivity index (χ1v) is 4.03. The molecule has 0 spiro atoms. The van der Waals surface area contributed by atoms with E-state index in [1.807, 2.05) is 6.08 Å². The number of hydrogen-bond acceptors (Lipinski definition) is 1. The normalized spacial score (nSPS) is 12.4. The van der Waals surface area contributed by atoms with Crippen molar-refractivity contribution in [2.24, 2.45) is 5.73 Å². The molecule has 1 heteroatoms. The van der Waals surface area contributed by atoms with Gasteiger partial charge < -0.3 is 5.73 Å². The Morgan fingerprint density at radius 3 is 2.36 bits per heavy atom. The van der Waals surface area contributed by atoms with E-state index in [4.69, 9.17) is 5.73 Å². The van der Waals surface area contributed by atoms with Crippen molar-refractivity contribution in [2.45, 2.75) is 26.7 Å². The molecule has 2 N–H and O–H groups in total.